The van der Waals surface area contributed by atoms with Gasteiger partial charge in [-0.3, -0.25) is 4.79 Å². The van der Waals surface area contributed by atoms with Crippen molar-refractivity contribution >= 4 is 47.9 Å². The van der Waals surface area contributed by atoms with E-state index in [4.69, 9.17) is 23.2 Å². The Kier molecular flexibility index (Phi) is 7.65. The van der Waals surface area contributed by atoms with Crippen LogP contribution < -0.4 is 5.32 Å². The Labute approximate surface area is 98.2 Å². The number of nitrogens with one attached hydrogen (secondary N) is 1. The predicted molar refractivity (Wildman–Crippen MR) is 63.5 cm³/mol. The summed E-state index contributed by atoms with van der Waals surface area (Å²) in [5.74, 6) is 0.944. The van der Waals surface area contributed by atoms with E-state index in [-0.39, 0.29) is 10.3 Å². The molecule has 0 atom stereocenters. The molecule has 1 aromatic heterocycles. The van der Waals surface area contributed by atoms with E-state index in [0.29, 0.717) is 12.1 Å². The SMILES string of the molecule is CCS.O=CNc1cc(Cl)nc(Cl)c1. The fourth-order valence-electron chi connectivity index (χ4n) is 0.616. The highest BCUT2D eigenvalue weighted by molar-refractivity contribution is 7.80. The van der Waals surface area contributed by atoms with Crippen LogP contribution in [0.3, 0.4) is 0 Å². The van der Waals surface area contributed by atoms with Gasteiger partial charge in [0.15, 0.2) is 0 Å². The average molecular weight is 253 g/mol. The summed E-state index contributed by atoms with van der Waals surface area (Å²) < 4.78 is 0. The van der Waals surface area contributed by atoms with Gasteiger partial charge in [0.2, 0.25) is 6.41 Å². The van der Waals surface area contributed by atoms with Gasteiger partial charge in [-0.1, -0.05) is 30.1 Å². The van der Waals surface area contributed by atoms with E-state index in [9.17, 15) is 4.79 Å². The lowest BCUT2D eigenvalue weighted by molar-refractivity contribution is -0.105. The zero-order chi connectivity index (χ0) is 11.0. The normalized spacial score (nSPS) is 8.57. The van der Waals surface area contributed by atoms with Crippen LogP contribution in [0.1, 0.15) is 6.92 Å². The third-order valence-corrected chi connectivity index (χ3v) is 1.38. The Balaban J connectivity index is 0.000000500. The van der Waals surface area contributed by atoms with E-state index >= 15 is 0 Å². The van der Waals surface area contributed by atoms with Crippen LogP contribution in [0.15, 0.2) is 12.1 Å². The lowest BCUT2D eigenvalue weighted by Crippen LogP contribution is -1.93. The van der Waals surface area contributed by atoms with Gasteiger partial charge in [0.1, 0.15) is 10.3 Å². The number of carbonyl (C=O) groups is 1. The molecule has 0 fully saturated rings. The van der Waals surface area contributed by atoms with Crippen molar-refractivity contribution < 1.29 is 4.79 Å². The number of pyridine rings is 1. The molecule has 0 bridgehead atoms. The molecule has 0 spiro atoms. The molecule has 14 heavy (non-hydrogen) atoms. The van der Waals surface area contributed by atoms with Crippen LogP contribution in [0.4, 0.5) is 5.69 Å². The molecule has 0 aliphatic heterocycles. The molecule has 1 aromatic rings. The van der Waals surface area contributed by atoms with Crippen LogP contribution in [-0.2, 0) is 4.79 Å². The number of rotatable bonds is 2. The standard InChI is InChI=1S/C6H4Cl2N2O.C2H6S/c7-5-1-4(9-3-11)2-6(8)10-5;1-2-3/h1-3H,(H,9,10,11);3H,2H2,1H3. The van der Waals surface area contributed by atoms with Crippen LogP contribution >= 0.6 is 35.8 Å². The summed E-state index contributed by atoms with van der Waals surface area (Å²) >= 11 is 14.9. The summed E-state index contributed by atoms with van der Waals surface area (Å²) in [6, 6.07) is 3.00. The Bertz CT molecular complexity index is 276. The first-order valence-corrected chi connectivity index (χ1v) is 5.17. The summed E-state index contributed by atoms with van der Waals surface area (Å²) in [6.07, 6.45) is 0.544. The number of hydrogen-bond donors (Lipinski definition) is 2. The number of thiol groups is 1. The zero-order valence-electron chi connectivity index (χ0n) is 7.50. The monoisotopic (exact) mass is 252 g/mol. The van der Waals surface area contributed by atoms with Crippen LogP contribution in [0.5, 0.6) is 0 Å². The maximum atomic E-state index is 9.98. The molecule has 0 aliphatic rings. The topological polar surface area (TPSA) is 42.0 Å². The molecule has 78 valence electrons. The number of hydrogen-bond acceptors (Lipinski definition) is 3. The van der Waals surface area contributed by atoms with E-state index in [0.717, 1.165) is 5.75 Å². The fraction of sp³-hybridized carbons (Fsp3) is 0.250. The fourth-order valence-corrected chi connectivity index (χ4v) is 1.08. The Morgan fingerprint density at radius 2 is 1.93 bits per heavy atom. The van der Waals surface area contributed by atoms with Crippen molar-refractivity contribution in [1.82, 2.24) is 4.98 Å². The van der Waals surface area contributed by atoms with Gasteiger partial charge >= 0.3 is 0 Å². The van der Waals surface area contributed by atoms with Crippen LogP contribution in [-0.4, -0.2) is 17.1 Å². The molecule has 0 saturated carbocycles. The second-order valence-electron chi connectivity index (χ2n) is 2.08. The Morgan fingerprint density at radius 1 is 1.50 bits per heavy atom. The third kappa shape index (κ3) is 6.07. The van der Waals surface area contributed by atoms with E-state index in [1.807, 2.05) is 6.92 Å². The molecule has 0 saturated heterocycles. The largest absolute Gasteiger partial charge is 0.328 e. The van der Waals surface area contributed by atoms with Crippen molar-refractivity contribution in [3.05, 3.63) is 22.4 Å². The average Bonchev–Trinajstić information content (AvgIpc) is 2.03. The van der Waals surface area contributed by atoms with Crippen LogP contribution in [0.25, 0.3) is 0 Å². The van der Waals surface area contributed by atoms with E-state index in [2.05, 4.69) is 22.9 Å². The smallest absolute Gasteiger partial charge is 0.211 e. The first kappa shape index (κ1) is 13.5. The van der Waals surface area contributed by atoms with Crippen molar-refractivity contribution in [2.45, 2.75) is 6.92 Å². The second kappa shape index (κ2) is 7.91. The summed E-state index contributed by atoms with van der Waals surface area (Å²) in [4.78, 5) is 13.7. The first-order valence-electron chi connectivity index (χ1n) is 3.78. The van der Waals surface area contributed by atoms with E-state index in [1.165, 1.54) is 12.1 Å². The Hall–Kier alpha value is -0.450. The minimum atomic E-state index is 0.252. The molecule has 1 heterocycles. The molecule has 0 aromatic carbocycles. The highest BCUT2D eigenvalue weighted by Gasteiger charge is 1.96. The minimum Gasteiger partial charge on any atom is -0.328 e. The lowest BCUT2D eigenvalue weighted by Gasteiger charge is -1.98. The van der Waals surface area contributed by atoms with E-state index in [1.54, 1.807) is 0 Å². The zero-order valence-corrected chi connectivity index (χ0v) is 9.90. The summed E-state index contributed by atoms with van der Waals surface area (Å²) in [6.45, 7) is 1.99. The highest BCUT2D eigenvalue weighted by Crippen LogP contribution is 2.17. The molecule has 6 heteroatoms. The number of carbonyl (C=O) groups excluding carboxylic acids is 1. The number of nitrogens with zero attached hydrogens (tertiary/aromatic N) is 1. The van der Waals surface area contributed by atoms with Crippen molar-refractivity contribution in [3.8, 4) is 0 Å². The van der Waals surface area contributed by atoms with Crippen LogP contribution in [0.2, 0.25) is 10.3 Å². The van der Waals surface area contributed by atoms with Crippen molar-refractivity contribution in [1.29, 1.82) is 0 Å². The van der Waals surface area contributed by atoms with E-state index < -0.39 is 0 Å². The van der Waals surface area contributed by atoms with Crippen molar-refractivity contribution in [2.24, 2.45) is 0 Å². The molecular formula is C8H10Cl2N2OS. The minimum absolute atomic E-state index is 0.252. The number of anilines is 1. The molecular weight excluding hydrogens is 243 g/mol. The van der Waals surface area contributed by atoms with Gasteiger partial charge in [0, 0.05) is 5.69 Å². The van der Waals surface area contributed by atoms with Gasteiger partial charge in [-0.05, 0) is 17.9 Å². The van der Waals surface area contributed by atoms with Gasteiger partial charge in [-0.15, -0.1) is 0 Å². The first-order chi connectivity index (χ1) is 6.63. The number of halogens is 2. The predicted octanol–water partition coefficient (Wildman–Crippen LogP) is 2.89. The molecule has 0 radical (unpaired) electrons. The summed E-state index contributed by atoms with van der Waals surface area (Å²) in [7, 11) is 0. The third-order valence-electron chi connectivity index (χ3n) is 0.988. The van der Waals surface area contributed by atoms with Gasteiger partial charge < -0.3 is 5.32 Å². The maximum absolute atomic E-state index is 9.98. The lowest BCUT2D eigenvalue weighted by atomic mass is 10.4. The van der Waals surface area contributed by atoms with Crippen molar-refractivity contribution in [2.75, 3.05) is 11.1 Å². The highest BCUT2D eigenvalue weighted by atomic mass is 35.5. The quantitative estimate of drug-likeness (QED) is 0.483. The maximum Gasteiger partial charge on any atom is 0.211 e. The van der Waals surface area contributed by atoms with Gasteiger partial charge in [0.25, 0.3) is 0 Å². The summed E-state index contributed by atoms with van der Waals surface area (Å²) in [5, 5.41) is 2.90. The molecule has 1 rings (SSSR count). The number of amides is 1. The molecule has 0 unspecified atom stereocenters. The molecule has 1 amide bonds. The Morgan fingerprint density at radius 3 is 2.29 bits per heavy atom. The van der Waals surface area contributed by atoms with Gasteiger partial charge in [-0.2, -0.15) is 12.6 Å². The molecule has 3 nitrogen and oxygen atoms in total. The van der Waals surface area contributed by atoms with Gasteiger partial charge in [-0.25, -0.2) is 4.98 Å². The van der Waals surface area contributed by atoms with Crippen molar-refractivity contribution in [3.63, 3.8) is 0 Å². The molecule has 1 N–H and O–H groups in total. The van der Waals surface area contributed by atoms with Crippen LogP contribution in [0, 0.1) is 0 Å². The molecule has 0 aliphatic carbocycles. The second-order valence-corrected chi connectivity index (χ2v) is 3.49. The number of aromatic nitrogens is 1. The van der Waals surface area contributed by atoms with Gasteiger partial charge in [0.05, 0.1) is 0 Å². The summed E-state index contributed by atoms with van der Waals surface area (Å²) in [5.41, 5.74) is 0.532.